The van der Waals surface area contributed by atoms with Crippen LogP contribution in [0, 0.1) is 11.8 Å². The first-order valence-corrected chi connectivity index (χ1v) is 6.95. The Morgan fingerprint density at radius 2 is 1.59 bits per heavy atom. The van der Waals surface area contributed by atoms with Gasteiger partial charge in [-0.25, -0.2) is 0 Å². The maximum Gasteiger partial charge on any atom is 0.0334 e. The molecule has 0 radical (unpaired) electrons. The third-order valence-corrected chi connectivity index (χ3v) is 4.33. The lowest BCUT2D eigenvalue weighted by Crippen LogP contribution is -2.57. The first-order valence-electron chi connectivity index (χ1n) is 6.95. The number of hydrogen-bond acceptors (Lipinski definition) is 3. The molecule has 1 aliphatic carbocycles. The molecule has 1 fully saturated rings. The number of likely N-dealkylation sites (N-methyl/N-ethyl adjacent to an activating group) is 2. The van der Waals surface area contributed by atoms with E-state index in [2.05, 4.69) is 44.8 Å². The van der Waals surface area contributed by atoms with Crippen molar-refractivity contribution in [3.63, 3.8) is 0 Å². The minimum Gasteiger partial charge on any atom is -0.329 e. The average molecular weight is 241 g/mol. The van der Waals surface area contributed by atoms with Crippen molar-refractivity contribution < 1.29 is 0 Å². The van der Waals surface area contributed by atoms with Crippen LogP contribution in [0.3, 0.4) is 0 Å². The van der Waals surface area contributed by atoms with Crippen LogP contribution in [0.1, 0.15) is 33.1 Å². The molecule has 0 aromatic rings. The Kier molecular flexibility index (Phi) is 5.42. The summed E-state index contributed by atoms with van der Waals surface area (Å²) < 4.78 is 0. The molecule has 3 nitrogen and oxygen atoms in total. The standard InChI is InChI=1S/C14H31N3/c1-12-8-13(2)10-14(9-12,11-15)17(5)7-6-16(3)4/h12-13H,6-11,15H2,1-5H3. The van der Waals surface area contributed by atoms with Gasteiger partial charge in [0.25, 0.3) is 0 Å². The SMILES string of the molecule is CC1CC(C)CC(CN)(N(C)CCN(C)C)C1. The fourth-order valence-corrected chi connectivity index (χ4v) is 3.46. The van der Waals surface area contributed by atoms with Crippen molar-refractivity contribution in [2.75, 3.05) is 40.8 Å². The van der Waals surface area contributed by atoms with Gasteiger partial charge in [-0.3, -0.25) is 4.90 Å². The lowest BCUT2D eigenvalue weighted by atomic mass is 9.71. The molecule has 1 rings (SSSR count). The van der Waals surface area contributed by atoms with E-state index in [-0.39, 0.29) is 5.54 Å². The normalized spacial score (nSPS) is 34.6. The molecule has 102 valence electrons. The van der Waals surface area contributed by atoms with Crippen LogP contribution in [0.5, 0.6) is 0 Å². The molecule has 0 saturated heterocycles. The van der Waals surface area contributed by atoms with Gasteiger partial charge in [0, 0.05) is 25.2 Å². The fourth-order valence-electron chi connectivity index (χ4n) is 3.46. The predicted molar refractivity (Wildman–Crippen MR) is 75.1 cm³/mol. The van der Waals surface area contributed by atoms with E-state index in [1.165, 1.54) is 19.3 Å². The summed E-state index contributed by atoms with van der Waals surface area (Å²) in [5, 5.41) is 0. The summed E-state index contributed by atoms with van der Waals surface area (Å²) in [7, 11) is 6.52. The van der Waals surface area contributed by atoms with E-state index in [4.69, 9.17) is 5.73 Å². The molecule has 0 aromatic heterocycles. The van der Waals surface area contributed by atoms with Gasteiger partial charge in [0.05, 0.1) is 0 Å². The lowest BCUT2D eigenvalue weighted by molar-refractivity contribution is 0.0351. The molecule has 2 N–H and O–H groups in total. The van der Waals surface area contributed by atoms with Crippen molar-refractivity contribution in [1.82, 2.24) is 9.80 Å². The number of nitrogens with two attached hydrogens (primary N) is 1. The number of rotatable bonds is 5. The van der Waals surface area contributed by atoms with Crippen LogP contribution in [0.25, 0.3) is 0 Å². The summed E-state index contributed by atoms with van der Waals surface area (Å²) in [6, 6.07) is 0. The summed E-state index contributed by atoms with van der Waals surface area (Å²) in [6.45, 7) is 7.77. The topological polar surface area (TPSA) is 32.5 Å². The maximum absolute atomic E-state index is 6.11. The molecule has 0 aromatic carbocycles. The molecule has 0 spiro atoms. The summed E-state index contributed by atoms with van der Waals surface area (Å²) in [5.41, 5.74) is 6.36. The van der Waals surface area contributed by atoms with Gasteiger partial charge in [-0.05, 0) is 52.2 Å². The molecule has 0 aliphatic heterocycles. The van der Waals surface area contributed by atoms with Crippen LogP contribution in [0.2, 0.25) is 0 Å². The minimum absolute atomic E-state index is 0.243. The zero-order chi connectivity index (χ0) is 13.1. The Morgan fingerprint density at radius 1 is 1.06 bits per heavy atom. The van der Waals surface area contributed by atoms with Gasteiger partial charge in [0.15, 0.2) is 0 Å². The summed E-state index contributed by atoms with van der Waals surface area (Å²) in [4.78, 5) is 4.76. The largest absolute Gasteiger partial charge is 0.329 e. The second-order valence-corrected chi connectivity index (χ2v) is 6.51. The summed E-state index contributed by atoms with van der Waals surface area (Å²) in [6.07, 6.45) is 3.89. The van der Waals surface area contributed by atoms with Gasteiger partial charge in [0.1, 0.15) is 0 Å². The third kappa shape index (κ3) is 3.94. The van der Waals surface area contributed by atoms with Crippen molar-refractivity contribution in [1.29, 1.82) is 0 Å². The van der Waals surface area contributed by atoms with Crippen molar-refractivity contribution in [2.24, 2.45) is 17.6 Å². The van der Waals surface area contributed by atoms with Gasteiger partial charge in [0.2, 0.25) is 0 Å². The molecular weight excluding hydrogens is 210 g/mol. The lowest BCUT2D eigenvalue weighted by Gasteiger charge is -2.48. The zero-order valence-electron chi connectivity index (χ0n) is 12.4. The van der Waals surface area contributed by atoms with E-state index in [1.54, 1.807) is 0 Å². The van der Waals surface area contributed by atoms with Gasteiger partial charge >= 0.3 is 0 Å². The zero-order valence-corrected chi connectivity index (χ0v) is 12.4. The molecule has 2 atom stereocenters. The molecule has 2 unspecified atom stereocenters. The summed E-state index contributed by atoms with van der Waals surface area (Å²) in [5.74, 6) is 1.62. The Hall–Kier alpha value is -0.120. The third-order valence-electron chi connectivity index (χ3n) is 4.33. The highest BCUT2D eigenvalue weighted by Gasteiger charge is 2.39. The van der Waals surface area contributed by atoms with Crippen molar-refractivity contribution >= 4 is 0 Å². The smallest absolute Gasteiger partial charge is 0.0334 e. The number of hydrogen-bond donors (Lipinski definition) is 1. The molecule has 17 heavy (non-hydrogen) atoms. The van der Waals surface area contributed by atoms with Crippen LogP contribution in [0.4, 0.5) is 0 Å². The van der Waals surface area contributed by atoms with E-state index >= 15 is 0 Å². The minimum atomic E-state index is 0.243. The molecule has 0 heterocycles. The highest BCUT2D eigenvalue weighted by Crippen LogP contribution is 2.38. The van der Waals surface area contributed by atoms with Crippen LogP contribution < -0.4 is 5.73 Å². The summed E-state index contributed by atoms with van der Waals surface area (Å²) >= 11 is 0. The fraction of sp³-hybridized carbons (Fsp3) is 1.00. The molecular formula is C14H31N3. The van der Waals surface area contributed by atoms with Crippen LogP contribution >= 0.6 is 0 Å². The Bertz CT molecular complexity index is 218. The highest BCUT2D eigenvalue weighted by atomic mass is 15.2. The first-order chi connectivity index (χ1) is 7.89. The quantitative estimate of drug-likeness (QED) is 0.794. The van der Waals surface area contributed by atoms with E-state index in [9.17, 15) is 0 Å². The number of nitrogens with zero attached hydrogens (tertiary/aromatic N) is 2. The monoisotopic (exact) mass is 241 g/mol. The second-order valence-electron chi connectivity index (χ2n) is 6.51. The molecule has 3 heteroatoms. The van der Waals surface area contributed by atoms with Crippen molar-refractivity contribution in [2.45, 2.75) is 38.6 Å². The molecule has 0 amide bonds. The molecule has 1 saturated carbocycles. The van der Waals surface area contributed by atoms with E-state index in [0.29, 0.717) is 0 Å². The Balaban J connectivity index is 2.65. The Morgan fingerprint density at radius 3 is 2.00 bits per heavy atom. The van der Waals surface area contributed by atoms with E-state index in [1.807, 2.05) is 0 Å². The van der Waals surface area contributed by atoms with Crippen LogP contribution in [-0.4, -0.2) is 56.1 Å². The van der Waals surface area contributed by atoms with Gasteiger partial charge in [-0.2, -0.15) is 0 Å². The Labute approximate surface area is 107 Å². The molecule has 1 aliphatic rings. The van der Waals surface area contributed by atoms with Gasteiger partial charge in [-0.1, -0.05) is 13.8 Å². The first kappa shape index (κ1) is 14.9. The molecule has 0 bridgehead atoms. The van der Waals surface area contributed by atoms with E-state index in [0.717, 1.165) is 31.5 Å². The predicted octanol–water partition coefficient (Wildman–Crippen LogP) is 1.63. The maximum atomic E-state index is 6.11. The van der Waals surface area contributed by atoms with E-state index < -0.39 is 0 Å². The van der Waals surface area contributed by atoms with Crippen LogP contribution in [0.15, 0.2) is 0 Å². The van der Waals surface area contributed by atoms with Crippen LogP contribution in [-0.2, 0) is 0 Å². The van der Waals surface area contributed by atoms with Crippen molar-refractivity contribution in [3.8, 4) is 0 Å². The van der Waals surface area contributed by atoms with Gasteiger partial charge < -0.3 is 10.6 Å². The van der Waals surface area contributed by atoms with Gasteiger partial charge in [-0.15, -0.1) is 0 Å². The van der Waals surface area contributed by atoms with Crippen molar-refractivity contribution in [3.05, 3.63) is 0 Å². The second kappa shape index (κ2) is 6.17. The average Bonchev–Trinajstić information content (AvgIpc) is 2.24. The highest BCUT2D eigenvalue weighted by molar-refractivity contribution is 4.96.